The molecule has 1 amide bonds. The van der Waals surface area contributed by atoms with Crippen LogP contribution >= 0.6 is 24.0 Å². The average Bonchev–Trinajstić information content (AvgIpc) is 3.40. The third kappa shape index (κ3) is 4.54. The maximum Gasteiger partial charge on any atom is 0.270 e. The van der Waals surface area contributed by atoms with Crippen LogP contribution in [0.15, 0.2) is 102 Å². The Morgan fingerprint density at radius 3 is 2.49 bits per heavy atom. The Morgan fingerprint density at radius 1 is 0.919 bits per heavy atom. The maximum atomic E-state index is 13.4. The second-order valence-electron chi connectivity index (χ2n) is 8.86. The Balaban J connectivity index is 1.32. The fourth-order valence-corrected chi connectivity index (χ4v) is 6.03. The van der Waals surface area contributed by atoms with E-state index >= 15 is 0 Å². The molecule has 0 aliphatic carbocycles. The van der Waals surface area contributed by atoms with E-state index in [1.807, 2.05) is 49.4 Å². The molecule has 4 aromatic carbocycles. The first-order valence-electron chi connectivity index (χ1n) is 12.2. The van der Waals surface area contributed by atoms with Crippen LogP contribution in [-0.4, -0.2) is 21.4 Å². The molecule has 6 rings (SSSR count). The highest BCUT2D eigenvalue weighted by Gasteiger charge is 2.33. The summed E-state index contributed by atoms with van der Waals surface area (Å²) in [6.07, 6.45) is 4.09. The number of fused-ring (bicyclic) bond motifs is 2. The highest BCUT2D eigenvalue weighted by atomic mass is 32.2. The molecule has 6 heteroatoms. The number of carbonyl (C=O) groups is 1. The van der Waals surface area contributed by atoms with Crippen molar-refractivity contribution in [1.29, 1.82) is 0 Å². The number of nitrogens with zero attached hydrogens (tertiary/aromatic N) is 2. The lowest BCUT2D eigenvalue weighted by Crippen LogP contribution is -2.27. The third-order valence-corrected chi connectivity index (χ3v) is 7.77. The molecule has 1 fully saturated rings. The van der Waals surface area contributed by atoms with Crippen molar-refractivity contribution in [3.05, 3.63) is 113 Å². The van der Waals surface area contributed by atoms with Crippen LogP contribution in [0.3, 0.4) is 0 Å². The minimum atomic E-state index is -0.106. The number of ether oxygens (including phenoxy) is 1. The van der Waals surface area contributed by atoms with Crippen molar-refractivity contribution in [1.82, 2.24) is 4.57 Å². The van der Waals surface area contributed by atoms with Crippen LogP contribution in [0.25, 0.3) is 27.8 Å². The number of para-hydroxylation sites is 1. The number of hydrogen-bond acceptors (Lipinski definition) is 4. The Labute approximate surface area is 225 Å². The molecule has 1 aromatic heterocycles. The van der Waals surface area contributed by atoms with Gasteiger partial charge in [0.1, 0.15) is 5.75 Å². The van der Waals surface area contributed by atoms with E-state index in [1.54, 1.807) is 4.90 Å². The maximum absolute atomic E-state index is 13.4. The number of anilines is 1. The minimum absolute atomic E-state index is 0.106. The largest absolute Gasteiger partial charge is 0.494 e. The first-order valence-corrected chi connectivity index (χ1v) is 13.4. The van der Waals surface area contributed by atoms with Gasteiger partial charge in [0, 0.05) is 29.2 Å². The van der Waals surface area contributed by atoms with Crippen LogP contribution in [0, 0.1) is 0 Å². The van der Waals surface area contributed by atoms with Gasteiger partial charge in [0.25, 0.3) is 5.91 Å². The van der Waals surface area contributed by atoms with Gasteiger partial charge in [-0.3, -0.25) is 9.69 Å². The highest BCUT2D eigenvalue weighted by molar-refractivity contribution is 8.27. The number of aromatic nitrogens is 1. The fourth-order valence-electron chi connectivity index (χ4n) is 4.74. The SMILES string of the molecule is CCOc1ccc(N2C(=O)/C(=C/c3cn(Cc4ccc5ccccc5c4)c4ccccc34)SC2=S)cc1. The summed E-state index contributed by atoms with van der Waals surface area (Å²) in [5.74, 6) is 0.664. The lowest BCUT2D eigenvalue weighted by atomic mass is 10.1. The zero-order chi connectivity index (χ0) is 25.4. The fraction of sp³-hybridized carbons (Fsp3) is 0.0968. The normalized spacial score (nSPS) is 14.8. The molecule has 2 heterocycles. The van der Waals surface area contributed by atoms with Gasteiger partial charge in [-0.05, 0) is 65.7 Å². The molecule has 1 aliphatic heterocycles. The molecule has 0 bridgehead atoms. The topological polar surface area (TPSA) is 34.5 Å². The monoisotopic (exact) mass is 520 g/mol. The molecule has 0 spiro atoms. The van der Waals surface area contributed by atoms with Gasteiger partial charge < -0.3 is 9.30 Å². The van der Waals surface area contributed by atoms with Crippen LogP contribution < -0.4 is 9.64 Å². The molecule has 5 aromatic rings. The molecule has 0 unspecified atom stereocenters. The Bertz CT molecular complexity index is 1690. The van der Waals surface area contributed by atoms with Crippen molar-refractivity contribution in [2.24, 2.45) is 0 Å². The van der Waals surface area contributed by atoms with E-state index in [2.05, 4.69) is 65.4 Å². The highest BCUT2D eigenvalue weighted by Crippen LogP contribution is 2.37. The van der Waals surface area contributed by atoms with Gasteiger partial charge in [0.2, 0.25) is 0 Å². The number of hydrogen-bond donors (Lipinski definition) is 0. The van der Waals surface area contributed by atoms with Gasteiger partial charge in [0.15, 0.2) is 4.32 Å². The first kappa shape index (κ1) is 23.5. The summed E-state index contributed by atoms with van der Waals surface area (Å²) in [6.45, 7) is 3.28. The second-order valence-corrected chi connectivity index (χ2v) is 10.5. The van der Waals surface area contributed by atoms with E-state index in [-0.39, 0.29) is 5.91 Å². The summed E-state index contributed by atoms with van der Waals surface area (Å²) in [5.41, 5.74) is 4.10. The number of carbonyl (C=O) groups excluding carboxylic acids is 1. The smallest absolute Gasteiger partial charge is 0.270 e. The molecule has 4 nitrogen and oxygen atoms in total. The molecule has 0 saturated carbocycles. The number of thioether (sulfide) groups is 1. The Kier molecular flexibility index (Phi) is 6.28. The summed E-state index contributed by atoms with van der Waals surface area (Å²) in [4.78, 5) is 15.6. The van der Waals surface area contributed by atoms with E-state index in [4.69, 9.17) is 17.0 Å². The molecule has 37 heavy (non-hydrogen) atoms. The van der Waals surface area contributed by atoms with Gasteiger partial charge in [-0.1, -0.05) is 78.6 Å². The minimum Gasteiger partial charge on any atom is -0.494 e. The Morgan fingerprint density at radius 2 is 1.68 bits per heavy atom. The predicted octanol–water partition coefficient (Wildman–Crippen LogP) is 7.65. The molecule has 182 valence electrons. The second kappa shape index (κ2) is 9.88. The van der Waals surface area contributed by atoms with Gasteiger partial charge >= 0.3 is 0 Å². The lowest BCUT2D eigenvalue weighted by molar-refractivity contribution is -0.113. The molecule has 1 saturated heterocycles. The van der Waals surface area contributed by atoms with Crippen LogP contribution in [-0.2, 0) is 11.3 Å². The van der Waals surface area contributed by atoms with Crippen LogP contribution in [0.5, 0.6) is 5.75 Å². The molecular formula is C31H24N2O2S2. The Hall–Kier alpha value is -3.87. The van der Waals surface area contributed by atoms with Crippen LogP contribution in [0.1, 0.15) is 18.1 Å². The van der Waals surface area contributed by atoms with Crippen molar-refractivity contribution in [3.63, 3.8) is 0 Å². The van der Waals surface area contributed by atoms with Crippen molar-refractivity contribution >= 4 is 67.6 Å². The molecule has 1 aliphatic rings. The van der Waals surface area contributed by atoms with Crippen molar-refractivity contribution in [3.8, 4) is 5.75 Å². The zero-order valence-corrected chi connectivity index (χ0v) is 21.9. The van der Waals surface area contributed by atoms with E-state index < -0.39 is 0 Å². The number of thiocarbonyl (C=S) groups is 1. The lowest BCUT2D eigenvalue weighted by Gasteiger charge is -2.15. The van der Waals surface area contributed by atoms with E-state index in [0.717, 1.165) is 34.4 Å². The molecule has 0 radical (unpaired) electrons. The van der Waals surface area contributed by atoms with E-state index in [1.165, 1.54) is 28.1 Å². The molecular weight excluding hydrogens is 496 g/mol. The van der Waals surface area contributed by atoms with Crippen LogP contribution in [0.4, 0.5) is 5.69 Å². The quantitative estimate of drug-likeness (QED) is 0.170. The number of benzene rings is 4. The summed E-state index contributed by atoms with van der Waals surface area (Å²) in [5, 5.41) is 3.57. The predicted molar refractivity (Wildman–Crippen MR) is 158 cm³/mol. The first-order chi connectivity index (χ1) is 18.1. The van der Waals surface area contributed by atoms with Gasteiger partial charge in [-0.2, -0.15) is 0 Å². The van der Waals surface area contributed by atoms with Crippen molar-refractivity contribution in [2.45, 2.75) is 13.5 Å². The van der Waals surface area contributed by atoms with Crippen molar-refractivity contribution < 1.29 is 9.53 Å². The third-order valence-electron chi connectivity index (χ3n) is 6.47. The van der Waals surface area contributed by atoms with E-state index in [0.29, 0.717) is 15.8 Å². The summed E-state index contributed by atoms with van der Waals surface area (Å²) >= 11 is 6.93. The summed E-state index contributed by atoms with van der Waals surface area (Å²) in [6, 6.07) is 30.8. The van der Waals surface area contributed by atoms with Crippen molar-refractivity contribution in [2.75, 3.05) is 11.5 Å². The summed E-state index contributed by atoms with van der Waals surface area (Å²) in [7, 11) is 0. The summed E-state index contributed by atoms with van der Waals surface area (Å²) < 4.78 is 8.31. The molecule has 0 atom stereocenters. The van der Waals surface area contributed by atoms with Gasteiger partial charge in [-0.25, -0.2) is 0 Å². The zero-order valence-electron chi connectivity index (χ0n) is 20.3. The standard InChI is InChI=1S/C31H24N2O2S2/c1-2-35-26-15-13-25(14-16-26)33-30(34)29(37-31(33)36)18-24-20-32(28-10-6-5-9-27(24)28)19-21-11-12-22-7-3-4-8-23(22)17-21/h3-18,20H,2,19H2,1H3/b29-18-. The molecule has 0 N–H and O–H groups in total. The number of amides is 1. The number of rotatable bonds is 6. The average molecular weight is 521 g/mol. The van der Waals surface area contributed by atoms with Gasteiger partial charge in [0.05, 0.1) is 17.2 Å². The van der Waals surface area contributed by atoms with Crippen LogP contribution in [0.2, 0.25) is 0 Å². The van der Waals surface area contributed by atoms with E-state index in [9.17, 15) is 4.79 Å². The van der Waals surface area contributed by atoms with Gasteiger partial charge in [-0.15, -0.1) is 0 Å².